The minimum Gasteiger partial charge on any atom is -0.497 e. The van der Waals surface area contributed by atoms with Gasteiger partial charge in [0, 0.05) is 0 Å². The summed E-state index contributed by atoms with van der Waals surface area (Å²) in [5.74, 6) is 1.23. The SMILES string of the molecule is COc1cccc(C(C)(O)c2ccco2)c1. The van der Waals surface area contributed by atoms with Crippen LogP contribution >= 0.6 is 0 Å². The zero-order valence-electron chi connectivity index (χ0n) is 9.31. The van der Waals surface area contributed by atoms with Crippen LogP contribution < -0.4 is 4.74 Å². The molecule has 2 rings (SSSR count). The lowest BCUT2D eigenvalue weighted by Crippen LogP contribution is -2.21. The number of furan rings is 1. The summed E-state index contributed by atoms with van der Waals surface area (Å²) in [6.07, 6.45) is 1.55. The van der Waals surface area contributed by atoms with Gasteiger partial charge in [-0.25, -0.2) is 0 Å². The van der Waals surface area contributed by atoms with Crippen molar-refractivity contribution in [2.75, 3.05) is 7.11 Å². The molecule has 1 heterocycles. The van der Waals surface area contributed by atoms with Crippen LogP contribution in [0, 0.1) is 0 Å². The van der Waals surface area contributed by atoms with Crippen molar-refractivity contribution in [3.8, 4) is 5.75 Å². The quantitative estimate of drug-likeness (QED) is 0.860. The number of ether oxygens (including phenoxy) is 1. The Morgan fingerprint density at radius 2 is 2.06 bits per heavy atom. The number of aliphatic hydroxyl groups is 1. The van der Waals surface area contributed by atoms with E-state index in [1.165, 1.54) is 0 Å². The first-order valence-corrected chi connectivity index (χ1v) is 5.05. The summed E-state index contributed by atoms with van der Waals surface area (Å²) in [5.41, 5.74) is -0.403. The van der Waals surface area contributed by atoms with E-state index in [4.69, 9.17) is 9.15 Å². The van der Waals surface area contributed by atoms with Crippen LogP contribution in [0.15, 0.2) is 47.1 Å². The molecular weight excluding hydrogens is 204 g/mol. The number of benzene rings is 1. The fraction of sp³-hybridized carbons (Fsp3) is 0.231. The fourth-order valence-corrected chi connectivity index (χ4v) is 1.62. The highest BCUT2D eigenvalue weighted by Crippen LogP contribution is 2.31. The molecule has 3 nitrogen and oxygen atoms in total. The van der Waals surface area contributed by atoms with Crippen LogP contribution in [0.2, 0.25) is 0 Å². The van der Waals surface area contributed by atoms with Crippen LogP contribution in [0.4, 0.5) is 0 Å². The van der Waals surface area contributed by atoms with E-state index in [0.29, 0.717) is 11.5 Å². The molecule has 0 aliphatic carbocycles. The summed E-state index contributed by atoms with van der Waals surface area (Å²) in [6.45, 7) is 1.70. The summed E-state index contributed by atoms with van der Waals surface area (Å²) < 4.78 is 10.4. The van der Waals surface area contributed by atoms with Gasteiger partial charge >= 0.3 is 0 Å². The van der Waals surface area contributed by atoms with Crippen molar-refractivity contribution in [3.05, 3.63) is 54.0 Å². The van der Waals surface area contributed by atoms with E-state index in [2.05, 4.69) is 0 Å². The minimum absolute atomic E-state index is 0.515. The van der Waals surface area contributed by atoms with Gasteiger partial charge in [-0.1, -0.05) is 12.1 Å². The standard InChI is InChI=1S/C13H14O3/c1-13(14,12-7-4-8-16-12)10-5-3-6-11(9-10)15-2/h3-9,14H,1-2H3. The first-order chi connectivity index (χ1) is 7.64. The van der Waals surface area contributed by atoms with Crippen molar-refractivity contribution in [2.24, 2.45) is 0 Å². The van der Waals surface area contributed by atoms with Gasteiger partial charge in [-0.2, -0.15) is 0 Å². The normalized spacial score (nSPS) is 14.4. The fourth-order valence-electron chi connectivity index (χ4n) is 1.62. The summed E-state index contributed by atoms with van der Waals surface area (Å²) in [7, 11) is 1.60. The van der Waals surface area contributed by atoms with Gasteiger partial charge in [-0.15, -0.1) is 0 Å². The summed E-state index contributed by atoms with van der Waals surface area (Å²) in [5, 5.41) is 10.4. The van der Waals surface area contributed by atoms with Crippen molar-refractivity contribution in [2.45, 2.75) is 12.5 Å². The smallest absolute Gasteiger partial charge is 0.144 e. The molecule has 16 heavy (non-hydrogen) atoms. The van der Waals surface area contributed by atoms with E-state index in [1.54, 1.807) is 38.5 Å². The molecule has 1 unspecified atom stereocenters. The molecule has 0 saturated heterocycles. The van der Waals surface area contributed by atoms with E-state index in [9.17, 15) is 5.11 Å². The average molecular weight is 218 g/mol. The van der Waals surface area contributed by atoms with Crippen LogP contribution in [-0.2, 0) is 5.60 Å². The molecule has 0 saturated carbocycles. The van der Waals surface area contributed by atoms with E-state index in [0.717, 1.165) is 5.56 Å². The summed E-state index contributed by atoms with van der Waals surface area (Å²) >= 11 is 0. The molecule has 1 N–H and O–H groups in total. The lowest BCUT2D eigenvalue weighted by atomic mass is 9.93. The highest BCUT2D eigenvalue weighted by atomic mass is 16.5. The van der Waals surface area contributed by atoms with E-state index in [-0.39, 0.29) is 0 Å². The van der Waals surface area contributed by atoms with E-state index in [1.807, 2.05) is 18.2 Å². The first kappa shape index (κ1) is 10.8. The Balaban J connectivity index is 2.42. The number of hydrogen-bond donors (Lipinski definition) is 1. The maximum Gasteiger partial charge on any atom is 0.144 e. The molecule has 1 atom stereocenters. The van der Waals surface area contributed by atoms with Crippen molar-refractivity contribution in [1.29, 1.82) is 0 Å². The Morgan fingerprint density at radius 3 is 2.69 bits per heavy atom. The van der Waals surface area contributed by atoms with Gasteiger partial charge in [-0.3, -0.25) is 0 Å². The molecule has 1 aromatic heterocycles. The summed E-state index contributed by atoms with van der Waals surface area (Å²) in [6, 6.07) is 10.8. The Hall–Kier alpha value is -1.74. The third-order valence-corrected chi connectivity index (χ3v) is 2.63. The topological polar surface area (TPSA) is 42.6 Å². The third kappa shape index (κ3) is 1.82. The predicted octanol–water partition coefficient (Wildman–Crippen LogP) is 2.54. The number of rotatable bonds is 3. The largest absolute Gasteiger partial charge is 0.497 e. The molecule has 0 bridgehead atoms. The second-order valence-corrected chi connectivity index (χ2v) is 3.78. The van der Waals surface area contributed by atoms with Gasteiger partial charge in [0.1, 0.15) is 17.1 Å². The second-order valence-electron chi connectivity index (χ2n) is 3.78. The highest BCUT2D eigenvalue weighted by Gasteiger charge is 2.28. The molecule has 84 valence electrons. The van der Waals surface area contributed by atoms with Crippen LogP contribution in [0.5, 0.6) is 5.75 Å². The minimum atomic E-state index is -1.14. The third-order valence-electron chi connectivity index (χ3n) is 2.63. The second kappa shape index (κ2) is 4.02. The molecule has 0 aliphatic rings. The molecule has 0 radical (unpaired) electrons. The van der Waals surface area contributed by atoms with Crippen molar-refractivity contribution in [1.82, 2.24) is 0 Å². The maximum atomic E-state index is 10.4. The molecule has 0 aliphatic heterocycles. The zero-order chi connectivity index (χ0) is 11.6. The van der Waals surface area contributed by atoms with Gasteiger partial charge in [0.25, 0.3) is 0 Å². The Morgan fingerprint density at radius 1 is 1.25 bits per heavy atom. The van der Waals surface area contributed by atoms with E-state index >= 15 is 0 Å². The lowest BCUT2D eigenvalue weighted by Gasteiger charge is -2.21. The van der Waals surface area contributed by atoms with Gasteiger partial charge in [-0.05, 0) is 36.8 Å². The van der Waals surface area contributed by atoms with Crippen molar-refractivity contribution >= 4 is 0 Å². The van der Waals surface area contributed by atoms with Gasteiger partial charge < -0.3 is 14.3 Å². The maximum absolute atomic E-state index is 10.4. The molecule has 3 heteroatoms. The van der Waals surface area contributed by atoms with Gasteiger partial charge in [0.15, 0.2) is 0 Å². The molecule has 0 amide bonds. The van der Waals surface area contributed by atoms with Gasteiger partial charge in [0.05, 0.1) is 13.4 Å². The van der Waals surface area contributed by atoms with Crippen LogP contribution in [-0.4, -0.2) is 12.2 Å². The Bertz CT molecular complexity index is 458. The molecule has 2 aromatic rings. The Labute approximate surface area is 94.3 Å². The lowest BCUT2D eigenvalue weighted by molar-refractivity contribution is 0.0765. The predicted molar refractivity (Wildman–Crippen MR) is 60.4 cm³/mol. The highest BCUT2D eigenvalue weighted by molar-refractivity contribution is 5.36. The summed E-state index contributed by atoms with van der Waals surface area (Å²) in [4.78, 5) is 0. The molecule has 1 aromatic carbocycles. The molecule has 0 fully saturated rings. The Kier molecular flexibility index (Phi) is 2.71. The first-order valence-electron chi connectivity index (χ1n) is 5.05. The van der Waals surface area contributed by atoms with E-state index < -0.39 is 5.60 Å². The zero-order valence-corrected chi connectivity index (χ0v) is 9.31. The monoisotopic (exact) mass is 218 g/mol. The van der Waals surface area contributed by atoms with Crippen molar-refractivity contribution in [3.63, 3.8) is 0 Å². The van der Waals surface area contributed by atoms with Crippen molar-refractivity contribution < 1.29 is 14.3 Å². The number of hydrogen-bond acceptors (Lipinski definition) is 3. The van der Waals surface area contributed by atoms with Crippen LogP contribution in [0.1, 0.15) is 18.2 Å². The van der Waals surface area contributed by atoms with Crippen LogP contribution in [0.3, 0.4) is 0 Å². The molecular formula is C13H14O3. The van der Waals surface area contributed by atoms with Crippen LogP contribution in [0.25, 0.3) is 0 Å². The average Bonchev–Trinajstić information content (AvgIpc) is 2.83. The molecule has 0 spiro atoms. The van der Waals surface area contributed by atoms with Gasteiger partial charge in [0.2, 0.25) is 0 Å². The number of methoxy groups -OCH3 is 1.